The van der Waals surface area contributed by atoms with Gasteiger partial charge in [-0.2, -0.15) is 15.2 Å². The lowest BCUT2D eigenvalue weighted by molar-refractivity contribution is 0.486. The Morgan fingerprint density at radius 3 is 2.82 bits per heavy atom. The molecule has 0 bridgehead atoms. The number of rotatable bonds is 3. The summed E-state index contributed by atoms with van der Waals surface area (Å²) in [7, 11) is 0. The molecule has 4 heterocycles. The second kappa shape index (κ2) is 6.59. The third-order valence-electron chi connectivity index (χ3n) is 5.13. The number of aromatic nitrogens is 7. The number of hydrogen-bond acceptors (Lipinski definition) is 6. The number of nitrogens with zero attached hydrogens (tertiary/aromatic N) is 6. The number of piperidine rings is 1. The zero-order valence-corrected chi connectivity index (χ0v) is 15.5. The lowest BCUT2D eigenvalue weighted by atomic mass is 9.98. The highest BCUT2D eigenvalue weighted by Crippen LogP contribution is 2.27. The van der Waals surface area contributed by atoms with E-state index in [1.165, 1.54) is 0 Å². The summed E-state index contributed by atoms with van der Waals surface area (Å²) < 4.78 is 1.70. The van der Waals surface area contributed by atoms with E-state index in [0.717, 1.165) is 36.7 Å². The summed E-state index contributed by atoms with van der Waals surface area (Å²) in [5.41, 5.74) is 1.24. The van der Waals surface area contributed by atoms with E-state index in [-0.39, 0.29) is 11.5 Å². The van der Waals surface area contributed by atoms with E-state index in [2.05, 4.69) is 30.2 Å². The Kier molecular flexibility index (Phi) is 3.92. The average Bonchev–Trinajstić information content (AvgIpc) is 3.35. The maximum atomic E-state index is 12.6. The van der Waals surface area contributed by atoms with Crippen LogP contribution in [-0.2, 0) is 0 Å². The summed E-state index contributed by atoms with van der Waals surface area (Å²) >= 11 is 0. The predicted molar refractivity (Wildman–Crippen MR) is 105 cm³/mol. The normalized spacial score (nSPS) is 17.3. The molecule has 3 aromatic heterocycles. The Morgan fingerprint density at radius 2 is 2.04 bits per heavy atom. The molecule has 1 fully saturated rings. The second-order valence-corrected chi connectivity index (χ2v) is 7.08. The van der Waals surface area contributed by atoms with Crippen LogP contribution in [0.3, 0.4) is 0 Å². The number of nitrogens with one attached hydrogen (secondary N) is 2. The molecule has 142 valence electrons. The summed E-state index contributed by atoms with van der Waals surface area (Å²) in [6, 6.07) is 9.70. The van der Waals surface area contributed by atoms with Crippen LogP contribution in [0.25, 0.3) is 16.7 Å². The van der Waals surface area contributed by atoms with Crippen LogP contribution in [0.1, 0.15) is 30.4 Å². The second-order valence-electron chi connectivity index (χ2n) is 7.08. The molecule has 4 aromatic rings. The average molecular weight is 376 g/mol. The van der Waals surface area contributed by atoms with Gasteiger partial charge in [0.2, 0.25) is 5.95 Å². The number of H-pyrrole nitrogens is 2. The summed E-state index contributed by atoms with van der Waals surface area (Å²) in [6.45, 7) is 3.44. The number of aryl methyl sites for hydroxylation is 1. The van der Waals surface area contributed by atoms with Crippen molar-refractivity contribution in [2.45, 2.75) is 25.7 Å². The molecule has 0 aliphatic carbocycles. The van der Waals surface area contributed by atoms with E-state index in [9.17, 15) is 4.79 Å². The highest BCUT2D eigenvalue weighted by molar-refractivity contribution is 5.76. The smallest absolute Gasteiger partial charge is 0.263 e. The molecular weight excluding hydrogens is 356 g/mol. The molecule has 1 atom stereocenters. The van der Waals surface area contributed by atoms with Crippen LogP contribution in [-0.4, -0.2) is 48.0 Å². The summed E-state index contributed by atoms with van der Waals surface area (Å²) in [4.78, 5) is 26.9. The summed E-state index contributed by atoms with van der Waals surface area (Å²) in [6.07, 6.45) is 3.56. The lowest BCUT2D eigenvalue weighted by Crippen LogP contribution is -2.37. The minimum Gasteiger partial charge on any atom is -0.342 e. The Labute approximate surface area is 160 Å². The van der Waals surface area contributed by atoms with Crippen molar-refractivity contribution in [3.63, 3.8) is 0 Å². The van der Waals surface area contributed by atoms with Crippen molar-refractivity contribution in [2.75, 3.05) is 18.0 Å². The fourth-order valence-corrected chi connectivity index (χ4v) is 3.74. The molecule has 5 rings (SSSR count). The molecule has 9 heteroatoms. The quantitative estimate of drug-likeness (QED) is 0.565. The predicted octanol–water partition coefficient (Wildman–Crippen LogP) is 1.92. The lowest BCUT2D eigenvalue weighted by Gasteiger charge is -2.31. The third-order valence-corrected chi connectivity index (χ3v) is 5.13. The van der Waals surface area contributed by atoms with Crippen molar-refractivity contribution in [3.8, 4) is 5.69 Å². The van der Waals surface area contributed by atoms with Crippen molar-refractivity contribution >= 4 is 17.0 Å². The molecule has 0 radical (unpaired) electrons. The fourth-order valence-electron chi connectivity index (χ4n) is 3.74. The molecule has 0 unspecified atom stereocenters. The van der Waals surface area contributed by atoms with E-state index < -0.39 is 0 Å². The van der Waals surface area contributed by atoms with E-state index in [1.54, 1.807) is 10.9 Å². The topological polar surface area (TPSA) is 108 Å². The fraction of sp³-hybridized carbons (Fsp3) is 0.316. The molecule has 1 aromatic carbocycles. The zero-order valence-electron chi connectivity index (χ0n) is 15.5. The van der Waals surface area contributed by atoms with Crippen LogP contribution in [0, 0.1) is 6.92 Å². The van der Waals surface area contributed by atoms with Crippen LogP contribution in [0.15, 0.2) is 41.3 Å². The summed E-state index contributed by atoms with van der Waals surface area (Å²) in [5, 5.41) is 12.1. The van der Waals surface area contributed by atoms with Gasteiger partial charge in [-0.25, -0.2) is 9.67 Å². The van der Waals surface area contributed by atoms with Gasteiger partial charge in [0.15, 0.2) is 11.5 Å². The minimum atomic E-state index is -0.182. The monoisotopic (exact) mass is 376 g/mol. The van der Waals surface area contributed by atoms with E-state index >= 15 is 0 Å². The number of aromatic amines is 2. The van der Waals surface area contributed by atoms with Gasteiger partial charge in [-0.15, -0.1) is 0 Å². The van der Waals surface area contributed by atoms with Gasteiger partial charge < -0.3 is 4.90 Å². The molecule has 0 spiro atoms. The first-order valence-corrected chi connectivity index (χ1v) is 9.36. The Hall–Kier alpha value is -3.49. The van der Waals surface area contributed by atoms with Crippen molar-refractivity contribution in [2.24, 2.45) is 0 Å². The molecule has 1 aliphatic rings. The number of hydrogen-bond donors (Lipinski definition) is 2. The van der Waals surface area contributed by atoms with Gasteiger partial charge in [0, 0.05) is 19.0 Å². The molecular formula is C19H20N8O. The molecule has 9 nitrogen and oxygen atoms in total. The first kappa shape index (κ1) is 16.7. The van der Waals surface area contributed by atoms with Gasteiger partial charge >= 0.3 is 0 Å². The molecule has 2 N–H and O–H groups in total. The first-order chi connectivity index (χ1) is 13.7. The van der Waals surface area contributed by atoms with Crippen LogP contribution < -0.4 is 10.5 Å². The highest BCUT2D eigenvalue weighted by atomic mass is 16.1. The van der Waals surface area contributed by atoms with Gasteiger partial charge in [0.25, 0.3) is 5.56 Å². The van der Waals surface area contributed by atoms with Gasteiger partial charge in [-0.1, -0.05) is 18.2 Å². The van der Waals surface area contributed by atoms with Crippen molar-refractivity contribution < 1.29 is 0 Å². The van der Waals surface area contributed by atoms with E-state index in [4.69, 9.17) is 4.98 Å². The first-order valence-electron chi connectivity index (χ1n) is 9.36. The van der Waals surface area contributed by atoms with E-state index in [1.807, 2.05) is 37.3 Å². The Morgan fingerprint density at radius 1 is 1.18 bits per heavy atom. The van der Waals surface area contributed by atoms with Crippen LogP contribution in [0.5, 0.6) is 0 Å². The van der Waals surface area contributed by atoms with Gasteiger partial charge in [-0.3, -0.25) is 14.9 Å². The molecule has 1 saturated heterocycles. The zero-order chi connectivity index (χ0) is 19.1. The maximum Gasteiger partial charge on any atom is 0.263 e. The van der Waals surface area contributed by atoms with Crippen LogP contribution in [0.4, 0.5) is 5.95 Å². The van der Waals surface area contributed by atoms with Crippen molar-refractivity contribution in [1.82, 2.24) is 34.9 Å². The number of para-hydroxylation sites is 1. The number of fused-ring (bicyclic) bond motifs is 1. The highest BCUT2D eigenvalue weighted by Gasteiger charge is 2.26. The van der Waals surface area contributed by atoms with Crippen LogP contribution >= 0.6 is 0 Å². The molecule has 0 saturated carbocycles. The Balaban J connectivity index is 1.53. The van der Waals surface area contributed by atoms with Crippen molar-refractivity contribution in [3.05, 3.63) is 58.5 Å². The minimum absolute atomic E-state index is 0.182. The summed E-state index contributed by atoms with van der Waals surface area (Å²) in [5.74, 6) is 2.40. The largest absolute Gasteiger partial charge is 0.342 e. The molecule has 28 heavy (non-hydrogen) atoms. The number of benzene rings is 1. The SMILES string of the molecule is Cc1nc([C@H]2CCCN(c3nc4c(cnn4-c4ccccc4)c(=O)[nH]3)C2)n[nH]1. The van der Waals surface area contributed by atoms with Gasteiger partial charge in [0.05, 0.1) is 11.9 Å². The molecule has 1 aliphatic heterocycles. The van der Waals surface area contributed by atoms with Crippen molar-refractivity contribution in [1.29, 1.82) is 0 Å². The Bertz CT molecular complexity index is 1180. The van der Waals surface area contributed by atoms with Gasteiger partial charge in [-0.05, 0) is 31.9 Å². The van der Waals surface area contributed by atoms with Crippen LogP contribution in [0.2, 0.25) is 0 Å². The third kappa shape index (κ3) is 2.84. The maximum absolute atomic E-state index is 12.6. The van der Waals surface area contributed by atoms with E-state index in [0.29, 0.717) is 23.5 Å². The number of anilines is 1. The van der Waals surface area contributed by atoms with Gasteiger partial charge in [0.1, 0.15) is 11.2 Å². The molecule has 0 amide bonds. The standard InChI is InChI=1S/C19H20N8O/c1-12-21-16(25-24-12)13-6-5-9-26(11-13)19-22-17-15(18(28)23-19)10-20-27(17)14-7-3-2-4-8-14/h2-4,7-8,10,13H,5-6,9,11H2,1H3,(H,21,24,25)(H,22,23,28)/t13-/m0/s1.